The van der Waals surface area contributed by atoms with E-state index in [-0.39, 0.29) is 10.8 Å². The highest BCUT2D eigenvalue weighted by Crippen LogP contribution is 2.66. The number of fused-ring (bicyclic) bond motifs is 1. The lowest BCUT2D eigenvalue weighted by molar-refractivity contribution is -0.0281. The predicted octanol–water partition coefficient (Wildman–Crippen LogP) is 13.0. The Morgan fingerprint density at radius 2 is 0.948 bits per heavy atom. The van der Waals surface area contributed by atoms with Crippen LogP contribution in [0.25, 0.3) is 67.2 Å². The lowest BCUT2D eigenvalue weighted by Gasteiger charge is -2.63. The van der Waals surface area contributed by atoms with Crippen LogP contribution in [0.3, 0.4) is 0 Å². The maximum Gasteiger partial charge on any atom is 0.164 e. The molecule has 1 aromatic heterocycles. The van der Waals surface area contributed by atoms with Crippen molar-refractivity contribution in [2.75, 3.05) is 0 Å². The Morgan fingerprint density at radius 1 is 0.431 bits per heavy atom. The summed E-state index contributed by atoms with van der Waals surface area (Å²) in [6.07, 6.45) is 7.70. The predicted molar refractivity (Wildman–Crippen MR) is 234 cm³/mol. The molecule has 1 heterocycles. The number of benzene rings is 7. The van der Waals surface area contributed by atoms with Crippen molar-refractivity contribution in [3.8, 4) is 62.5 Å². The highest BCUT2D eigenvalue weighted by Gasteiger charge is 2.58. The molecule has 0 radical (unpaired) electrons. The second-order valence-corrected chi connectivity index (χ2v) is 17.1. The molecule has 4 heteroatoms. The molecule has 0 amide bonds. The van der Waals surface area contributed by atoms with Crippen LogP contribution < -0.4 is 0 Å². The molecule has 2 atom stereocenters. The summed E-state index contributed by atoms with van der Waals surface area (Å²) in [5.74, 6) is 3.50. The van der Waals surface area contributed by atoms with Crippen molar-refractivity contribution in [1.82, 2.24) is 15.0 Å². The van der Waals surface area contributed by atoms with Gasteiger partial charge >= 0.3 is 0 Å². The van der Waals surface area contributed by atoms with Crippen molar-refractivity contribution in [3.63, 3.8) is 0 Å². The van der Waals surface area contributed by atoms with Gasteiger partial charge in [-0.2, -0.15) is 5.26 Å². The molecular formula is C54H42N4. The van der Waals surface area contributed by atoms with Crippen LogP contribution in [0.15, 0.2) is 170 Å². The maximum atomic E-state index is 9.56. The van der Waals surface area contributed by atoms with E-state index in [0.29, 0.717) is 23.0 Å². The average molecular weight is 747 g/mol. The normalized spacial score (nSPS) is 21.8. The third-order valence-corrected chi connectivity index (χ3v) is 13.5. The molecule has 4 aliphatic rings. The van der Waals surface area contributed by atoms with Gasteiger partial charge in [-0.15, -0.1) is 0 Å². The topological polar surface area (TPSA) is 62.5 Å². The van der Waals surface area contributed by atoms with Gasteiger partial charge in [-0.25, -0.2) is 15.0 Å². The van der Waals surface area contributed by atoms with Gasteiger partial charge in [0.15, 0.2) is 17.5 Å². The van der Waals surface area contributed by atoms with Gasteiger partial charge in [0.25, 0.3) is 0 Å². The minimum Gasteiger partial charge on any atom is -0.208 e. The maximum absolute atomic E-state index is 9.56. The summed E-state index contributed by atoms with van der Waals surface area (Å²) in [7, 11) is 0. The van der Waals surface area contributed by atoms with Gasteiger partial charge < -0.3 is 0 Å². The molecule has 0 spiro atoms. The zero-order chi connectivity index (χ0) is 38.7. The molecule has 2 unspecified atom stereocenters. The number of nitriles is 1. The first-order valence-electron chi connectivity index (χ1n) is 20.7. The van der Waals surface area contributed by atoms with Crippen LogP contribution in [0.2, 0.25) is 0 Å². The van der Waals surface area contributed by atoms with Gasteiger partial charge in [0, 0.05) is 16.7 Å². The Hall–Kier alpha value is -6.70. The van der Waals surface area contributed by atoms with Crippen LogP contribution in [-0.2, 0) is 10.8 Å². The summed E-state index contributed by atoms with van der Waals surface area (Å²) in [6, 6.07) is 62.7. The molecular weight excluding hydrogens is 705 g/mol. The van der Waals surface area contributed by atoms with Crippen LogP contribution in [-0.4, -0.2) is 15.0 Å². The van der Waals surface area contributed by atoms with E-state index in [9.17, 15) is 5.26 Å². The van der Waals surface area contributed by atoms with E-state index in [1.807, 2.05) is 54.6 Å². The summed E-state index contributed by atoms with van der Waals surface area (Å²) < 4.78 is 0. The molecule has 4 saturated carbocycles. The van der Waals surface area contributed by atoms with Gasteiger partial charge in [0.2, 0.25) is 0 Å². The smallest absolute Gasteiger partial charge is 0.164 e. The fourth-order valence-corrected chi connectivity index (χ4v) is 11.4. The largest absolute Gasteiger partial charge is 0.208 e. The second-order valence-electron chi connectivity index (χ2n) is 17.1. The molecule has 8 aromatic rings. The first-order valence-corrected chi connectivity index (χ1v) is 20.7. The van der Waals surface area contributed by atoms with Crippen molar-refractivity contribution in [3.05, 3.63) is 187 Å². The molecule has 4 fully saturated rings. The molecule has 7 aromatic carbocycles. The van der Waals surface area contributed by atoms with Gasteiger partial charge in [-0.1, -0.05) is 152 Å². The molecule has 278 valence electrons. The molecule has 4 aliphatic carbocycles. The van der Waals surface area contributed by atoms with Gasteiger partial charge in [0.1, 0.15) is 0 Å². The first-order chi connectivity index (χ1) is 28.5. The lowest BCUT2D eigenvalue weighted by atomic mass is 9.41. The minimum atomic E-state index is 0.188. The summed E-state index contributed by atoms with van der Waals surface area (Å²) in [6.45, 7) is 0. The van der Waals surface area contributed by atoms with Crippen molar-refractivity contribution < 1.29 is 0 Å². The first kappa shape index (κ1) is 34.5. The fourth-order valence-electron chi connectivity index (χ4n) is 11.4. The molecule has 4 nitrogen and oxygen atoms in total. The SMILES string of the molecule is N#Cc1cccc(-c2cccc(C34CC5CC(CC(c6ccc(-c7ccc(-c8nc(-c9ccccc9)nc(-c9ccccc9)n8)c8ccccc78)cc6)(C5)C3)C4)c2)c1. The standard InChI is InChI=1S/C54H42N4/c55-34-36-11-9-16-42(28-36)43-17-10-18-45(29-43)54-32-37-27-38(33-54)31-53(30-37,35-54)44-23-21-39(22-24-44)46-25-26-49(48-20-8-7-19-47(46)48)52-57-50(40-12-3-1-4-13-40)56-51(58-52)41-14-5-2-6-15-41/h1-26,28-29,37-38H,27,30-33,35H2. The van der Waals surface area contributed by atoms with E-state index < -0.39 is 0 Å². The Morgan fingerprint density at radius 3 is 1.59 bits per heavy atom. The van der Waals surface area contributed by atoms with E-state index in [0.717, 1.165) is 39.5 Å². The number of rotatable bonds is 7. The highest BCUT2D eigenvalue weighted by molar-refractivity contribution is 6.04. The van der Waals surface area contributed by atoms with Gasteiger partial charge in [0.05, 0.1) is 11.6 Å². The summed E-state index contributed by atoms with van der Waals surface area (Å²) in [5.41, 5.74) is 11.8. The molecule has 12 rings (SSSR count). The Kier molecular flexibility index (Phi) is 8.19. The second kappa shape index (κ2) is 13.7. The molecule has 0 N–H and O–H groups in total. The van der Waals surface area contributed by atoms with Gasteiger partial charge in [-0.05, 0) is 124 Å². The number of nitrogens with zero attached hydrogens (tertiary/aromatic N) is 4. The van der Waals surface area contributed by atoms with E-state index in [1.165, 1.54) is 71.7 Å². The molecule has 58 heavy (non-hydrogen) atoms. The minimum absolute atomic E-state index is 0.188. The quantitative estimate of drug-likeness (QED) is 0.163. The van der Waals surface area contributed by atoms with Crippen LogP contribution >= 0.6 is 0 Å². The molecule has 0 saturated heterocycles. The monoisotopic (exact) mass is 746 g/mol. The third kappa shape index (κ3) is 5.93. The summed E-state index contributed by atoms with van der Waals surface area (Å²) >= 11 is 0. The zero-order valence-electron chi connectivity index (χ0n) is 32.4. The Balaban J connectivity index is 0.944. The average Bonchev–Trinajstić information content (AvgIpc) is 3.29. The summed E-state index contributed by atoms with van der Waals surface area (Å²) in [4.78, 5) is 15.1. The van der Waals surface area contributed by atoms with E-state index >= 15 is 0 Å². The van der Waals surface area contributed by atoms with Crippen molar-refractivity contribution in [2.24, 2.45) is 11.8 Å². The molecule has 0 aliphatic heterocycles. The van der Waals surface area contributed by atoms with Crippen LogP contribution in [0.4, 0.5) is 0 Å². The third-order valence-electron chi connectivity index (χ3n) is 13.5. The van der Waals surface area contributed by atoms with E-state index in [2.05, 4.69) is 121 Å². The van der Waals surface area contributed by atoms with Crippen molar-refractivity contribution in [1.29, 1.82) is 5.26 Å². The highest BCUT2D eigenvalue weighted by atomic mass is 15.0. The Bertz CT molecular complexity index is 2800. The fraction of sp³-hybridized carbons (Fsp3) is 0.185. The number of aromatic nitrogens is 3. The number of hydrogen-bond acceptors (Lipinski definition) is 4. The van der Waals surface area contributed by atoms with E-state index in [1.54, 1.807) is 0 Å². The number of hydrogen-bond donors (Lipinski definition) is 0. The van der Waals surface area contributed by atoms with Crippen LogP contribution in [0, 0.1) is 23.2 Å². The Labute approximate surface area is 340 Å². The van der Waals surface area contributed by atoms with E-state index in [4.69, 9.17) is 15.0 Å². The van der Waals surface area contributed by atoms with Crippen molar-refractivity contribution in [2.45, 2.75) is 49.4 Å². The zero-order valence-corrected chi connectivity index (χ0v) is 32.4. The van der Waals surface area contributed by atoms with Gasteiger partial charge in [-0.3, -0.25) is 0 Å². The van der Waals surface area contributed by atoms with Crippen LogP contribution in [0.5, 0.6) is 0 Å². The van der Waals surface area contributed by atoms with Crippen molar-refractivity contribution >= 4 is 10.8 Å². The summed E-state index contributed by atoms with van der Waals surface area (Å²) in [5, 5.41) is 11.9. The van der Waals surface area contributed by atoms with Crippen LogP contribution in [0.1, 0.15) is 55.2 Å². The molecule has 4 bridgehead atoms. The lowest BCUT2D eigenvalue weighted by Crippen LogP contribution is -2.55.